The van der Waals surface area contributed by atoms with E-state index in [1.807, 2.05) is 51.1 Å². The van der Waals surface area contributed by atoms with Crippen molar-refractivity contribution in [3.63, 3.8) is 0 Å². The van der Waals surface area contributed by atoms with Gasteiger partial charge >= 0.3 is 24.4 Å². The quantitative estimate of drug-likeness (QED) is 0.202. The molecule has 2 aromatic rings. The fourth-order valence-corrected chi connectivity index (χ4v) is 6.47. The zero-order chi connectivity index (χ0) is 40.6. The van der Waals surface area contributed by atoms with Crippen LogP contribution in [0.25, 0.3) is 0 Å². The summed E-state index contributed by atoms with van der Waals surface area (Å²) in [5.74, 6) is 0.659. The lowest BCUT2D eigenvalue weighted by Gasteiger charge is -2.41. The standard InChI is InChI=1S/C41H60N4O10/c1-39(2,3)53-36(47)44-23-22-43(25-29-14-12-11-13-15-29)30(26-44)20-21-42-35(46)52-34-32(24-28-16-18-31(50-10)19-17-28)45(37(48)54-40(4,5)6)27-33(34)51-38(49)55-41(7,8)9/h11-19,30,32-34H,20-27H2,1-10H3,(H,42,46)/t30-,32+,33-,34-/m0/s1. The minimum absolute atomic E-state index is 0.0933. The van der Waals surface area contributed by atoms with E-state index in [2.05, 4.69) is 22.3 Å². The van der Waals surface area contributed by atoms with Crippen LogP contribution in [0.2, 0.25) is 0 Å². The molecule has 55 heavy (non-hydrogen) atoms. The molecule has 0 bridgehead atoms. The monoisotopic (exact) mass is 768 g/mol. The molecule has 0 saturated carbocycles. The van der Waals surface area contributed by atoms with Gasteiger partial charge in [-0.3, -0.25) is 9.80 Å². The lowest BCUT2D eigenvalue weighted by molar-refractivity contribution is -0.0518. The Bertz CT molecular complexity index is 1580. The van der Waals surface area contributed by atoms with E-state index in [0.717, 1.165) is 11.1 Å². The molecular formula is C41H60N4O10. The second-order valence-electron chi connectivity index (χ2n) is 17.0. The number of ether oxygens (including phenoxy) is 6. The number of methoxy groups -OCH3 is 1. The van der Waals surface area contributed by atoms with Crippen molar-refractivity contribution >= 4 is 24.4 Å². The van der Waals surface area contributed by atoms with Gasteiger partial charge in [0, 0.05) is 38.8 Å². The molecule has 0 unspecified atom stereocenters. The highest BCUT2D eigenvalue weighted by Gasteiger charge is 2.50. The predicted octanol–water partition coefficient (Wildman–Crippen LogP) is 6.78. The van der Waals surface area contributed by atoms with Crippen LogP contribution >= 0.6 is 0 Å². The molecule has 304 valence electrons. The van der Waals surface area contributed by atoms with Crippen LogP contribution in [0.4, 0.5) is 19.2 Å². The van der Waals surface area contributed by atoms with E-state index in [0.29, 0.717) is 38.3 Å². The summed E-state index contributed by atoms with van der Waals surface area (Å²) in [5, 5.41) is 2.87. The number of alkyl carbamates (subject to hydrolysis) is 1. The molecule has 0 aromatic heterocycles. The minimum Gasteiger partial charge on any atom is -0.497 e. The van der Waals surface area contributed by atoms with Crippen molar-refractivity contribution in [1.82, 2.24) is 20.0 Å². The zero-order valence-electron chi connectivity index (χ0n) is 34.1. The molecule has 14 heteroatoms. The third-order valence-corrected chi connectivity index (χ3v) is 8.87. The summed E-state index contributed by atoms with van der Waals surface area (Å²) in [5.41, 5.74) is -0.318. The molecule has 2 aromatic carbocycles. The number of piperazine rings is 1. The average molecular weight is 769 g/mol. The molecule has 0 radical (unpaired) electrons. The van der Waals surface area contributed by atoms with E-state index in [-0.39, 0.29) is 31.6 Å². The number of hydrogen-bond donors (Lipinski definition) is 1. The van der Waals surface area contributed by atoms with Crippen LogP contribution < -0.4 is 10.1 Å². The number of likely N-dealkylation sites (tertiary alicyclic amines) is 1. The molecule has 2 aliphatic heterocycles. The van der Waals surface area contributed by atoms with Gasteiger partial charge in [-0.1, -0.05) is 42.5 Å². The van der Waals surface area contributed by atoms with Gasteiger partial charge in [0.15, 0.2) is 12.2 Å². The first kappa shape index (κ1) is 43.0. The molecule has 0 aliphatic carbocycles. The van der Waals surface area contributed by atoms with Gasteiger partial charge in [0.1, 0.15) is 22.6 Å². The molecule has 3 amide bonds. The Morgan fingerprint density at radius 2 is 1.35 bits per heavy atom. The first-order chi connectivity index (χ1) is 25.7. The van der Waals surface area contributed by atoms with E-state index < -0.39 is 53.4 Å². The third-order valence-electron chi connectivity index (χ3n) is 8.87. The van der Waals surface area contributed by atoms with E-state index >= 15 is 0 Å². The zero-order valence-corrected chi connectivity index (χ0v) is 34.1. The van der Waals surface area contributed by atoms with Crippen molar-refractivity contribution in [3.8, 4) is 5.75 Å². The maximum absolute atomic E-state index is 13.6. The second-order valence-corrected chi connectivity index (χ2v) is 17.0. The van der Waals surface area contributed by atoms with Gasteiger partial charge in [0.25, 0.3) is 0 Å². The molecule has 4 atom stereocenters. The summed E-state index contributed by atoms with van der Waals surface area (Å²) in [4.78, 5) is 58.7. The number of carbonyl (C=O) groups excluding carboxylic acids is 4. The third kappa shape index (κ3) is 13.8. The van der Waals surface area contributed by atoms with Gasteiger partial charge in [-0.2, -0.15) is 0 Å². The number of hydrogen-bond acceptors (Lipinski definition) is 11. The Labute approximate surface area is 325 Å². The summed E-state index contributed by atoms with van der Waals surface area (Å²) >= 11 is 0. The van der Waals surface area contributed by atoms with Crippen LogP contribution in [0.1, 0.15) is 79.9 Å². The summed E-state index contributed by atoms with van der Waals surface area (Å²) in [7, 11) is 1.57. The Balaban J connectivity index is 1.53. The molecule has 1 N–H and O–H groups in total. The van der Waals surface area contributed by atoms with Crippen LogP contribution in [0.3, 0.4) is 0 Å². The smallest absolute Gasteiger partial charge is 0.497 e. The number of carbonyl (C=O) groups is 4. The molecule has 2 heterocycles. The molecule has 2 aliphatic rings. The van der Waals surface area contributed by atoms with Gasteiger partial charge in [0.05, 0.1) is 19.7 Å². The summed E-state index contributed by atoms with van der Waals surface area (Å²) in [6.07, 6.45) is -4.09. The van der Waals surface area contributed by atoms with Crippen LogP contribution in [-0.2, 0) is 36.6 Å². The fourth-order valence-electron chi connectivity index (χ4n) is 6.47. The summed E-state index contributed by atoms with van der Waals surface area (Å²) < 4.78 is 34.0. The highest BCUT2D eigenvalue weighted by Crippen LogP contribution is 2.30. The van der Waals surface area contributed by atoms with Crippen molar-refractivity contribution in [3.05, 3.63) is 65.7 Å². The van der Waals surface area contributed by atoms with E-state index in [4.69, 9.17) is 28.4 Å². The van der Waals surface area contributed by atoms with E-state index in [1.54, 1.807) is 65.7 Å². The molecule has 2 saturated heterocycles. The van der Waals surface area contributed by atoms with Gasteiger partial charge < -0.3 is 38.6 Å². The first-order valence-electron chi connectivity index (χ1n) is 18.9. The molecule has 2 fully saturated rings. The van der Waals surface area contributed by atoms with E-state index in [9.17, 15) is 19.2 Å². The van der Waals surface area contributed by atoms with Crippen LogP contribution in [-0.4, -0.2) is 120 Å². The van der Waals surface area contributed by atoms with Crippen molar-refractivity contribution in [2.45, 2.75) is 123 Å². The van der Waals surface area contributed by atoms with Crippen molar-refractivity contribution < 1.29 is 47.6 Å². The van der Waals surface area contributed by atoms with Crippen LogP contribution in [0.15, 0.2) is 54.6 Å². The summed E-state index contributed by atoms with van der Waals surface area (Å²) in [6, 6.07) is 16.5. The Kier molecular flexibility index (Phi) is 14.3. The minimum atomic E-state index is -1.07. The second kappa shape index (κ2) is 18.3. The maximum atomic E-state index is 13.6. The van der Waals surface area contributed by atoms with Gasteiger partial charge in [-0.25, -0.2) is 19.2 Å². The highest BCUT2D eigenvalue weighted by atomic mass is 16.7. The Morgan fingerprint density at radius 1 is 0.727 bits per heavy atom. The number of nitrogens with zero attached hydrogens (tertiary/aromatic N) is 3. The van der Waals surface area contributed by atoms with Crippen LogP contribution in [0, 0.1) is 0 Å². The lowest BCUT2D eigenvalue weighted by atomic mass is 10.0. The van der Waals surface area contributed by atoms with Gasteiger partial charge in [0.2, 0.25) is 0 Å². The Morgan fingerprint density at radius 3 is 1.95 bits per heavy atom. The fraction of sp³-hybridized carbons (Fsp3) is 0.610. The lowest BCUT2D eigenvalue weighted by Crippen LogP contribution is -2.55. The number of benzene rings is 2. The van der Waals surface area contributed by atoms with E-state index in [1.165, 1.54) is 4.90 Å². The predicted molar refractivity (Wildman–Crippen MR) is 206 cm³/mol. The van der Waals surface area contributed by atoms with Crippen LogP contribution in [0.5, 0.6) is 5.75 Å². The van der Waals surface area contributed by atoms with Crippen molar-refractivity contribution in [2.24, 2.45) is 0 Å². The summed E-state index contributed by atoms with van der Waals surface area (Å²) in [6.45, 7) is 18.3. The number of nitrogens with one attached hydrogen (secondary N) is 1. The van der Waals surface area contributed by atoms with Crippen molar-refractivity contribution in [2.75, 3.05) is 39.8 Å². The average Bonchev–Trinajstić information content (AvgIpc) is 3.39. The molecule has 14 nitrogen and oxygen atoms in total. The Hall–Kier alpha value is -4.72. The maximum Gasteiger partial charge on any atom is 0.509 e. The van der Waals surface area contributed by atoms with Gasteiger partial charge in [-0.15, -0.1) is 0 Å². The largest absolute Gasteiger partial charge is 0.509 e. The molecular weight excluding hydrogens is 708 g/mol. The highest BCUT2D eigenvalue weighted by molar-refractivity contribution is 5.71. The SMILES string of the molecule is COc1ccc(C[C@@H]2[C@H](OC(=O)NCC[C@H]3CN(C(=O)OC(C)(C)C)CCN3Cc3ccccc3)[C@@H](OC(=O)OC(C)(C)C)CN2C(=O)OC(C)(C)C)cc1. The topological polar surface area (TPSA) is 145 Å². The van der Waals surface area contributed by atoms with Crippen molar-refractivity contribution in [1.29, 1.82) is 0 Å². The molecule has 4 rings (SSSR count). The molecule has 0 spiro atoms. The normalized spacial score (nSPS) is 20.7. The number of amides is 3. The first-order valence-corrected chi connectivity index (χ1v) is 18.9. The van der Waals surface area contributed by atoms with Gasteiger partial charge in [-0.05, 0) is 98.4 Å². The number of rotatable bonds is 10.